The summed E-state index contributed by atoms with van der Waals surface area (Å²) in [5.74, 6) is -0.108. The Kier molecular flexibility index (Phi) is 5.93. The highest BCUT2D eigenvalue weighted by molar-refractivity contribution is 8.26. The number of methoxy groups -OCH3 is 1. The highest BCUT2D eigenvalue weighted by Crippen LogP contribution is 2.31. The van der Waals surface area contributed by atoms with Crippen LogP contribution in [0.2, 0.25) is 0 Å². The summed E-state index contributed by atoms with van der Waals surface area (Å²) < 4.78 is 5.36. The number of nitrogens with zero attached hydrogens (tertiary/aromatic N) is 1. The lowest BCUT2D eigenvalue weighted by atomic mass is 10.1. The molecule has 0 saturated carbocycles. The van der Waals surface area contributed by atoms with E-state index in [9.17, 15) is 9.59 Å². The van der Waals surface area contributed by atoms with Gasteiger partial charge in [0.2, 0.25) is 0 Å². The molecule has 0 spiro atoms. The van der Waals surface area contributed by atoms with E-state index in [1.165, 1.54) is 5.56 Å². The smallest absolute Gasteiger partial charge is 0.285 e. The molecule has 138 valence electrons. The second-order valence-electron chi connectivity index (χ2n) is 5.78. The van der Waals surface area contributed by atoms with Crippen LogP contribution in [0.5, 0.6) is 5.75 Å². The maximum absolute atomic E-state index is 12.6. The summed E-state index contributed by atoms with van der Waals surface area (Å²) >= 11 is 6.41. The molecule has 1 heterocycles. The number of aryl methyl sites for hydroxylation is 1. The molecule has 2 amide bonds. The summed E-state index contributed by atoms with van der Waals surface area (Å²) in [6, 6.07) is 14.6. The van der Waals surface area contributed by atoms with Gasteiger partial charge in [-0.15, -0.1) is 0 Å². The number of carbonyl (C=O) groups excluding carboxylic acids is 2. The van der Waals surface area contributed by atoms with Gasteiger partial charge in [0.1, 0.15) is 5.75 Å². The number of thiocarbonyl (C=S) groups is 1. The van der Waals surface area contributed by atoms with Gasteiger partial charge in [-0.25, -0.2) is 0 Å². The molecule has 27 heavy (non-hydrogen) atoms. The van der Waals surface area contributed by atoms with Crippen LogP contribution in [0.15, 0.2) is 53.4 Å². The predicted octanol–water partition coefficient (Wildman–Crippen LogP) is 3.80. The Morgan fingerprint density at radius 2 is 1.85 bits per heavy atom. The minimum Gasteiger partial charge on any atom is -0.497 e. The Labute approximate surface area is 167 Å². The van der Waals surface area contributed by atoms with E-state index in [1.54, 1.807) is 37.5 Å². The lowest BCUT2D eigenvalue weighted by Crippen LogP contribution is -2.44. The average Bonchev–Trinajstić information content (AvgIpc) is 2.96. The van der Waals surface area contributed by atoms with E-state index in [-0.39, 0.29) is 5.91 Å². The van der Waals surface area contributed by atoms with E-state index in [0.29, 0.717) is 20.5 Å². The molecule has 1 aliphatic heterocycles. The van der Waals surface area contributed by atoms with E-state index in [4.69, 9.17) is 17.0 Å². The van der Waals surface area contributed by atoms with E-state index in [2.05, 4.69) is 12.3 Å². The maximum Gasteiger partial charge on any atom is 0.285 e. The molecule has 1 fully saturated rings. The Balaban J connectivity index is 1.73. The zero-order chi connectivity index (χ0) is 19.4. The number of hydrazine groups is 1. The maximum atomic E-state index is 12.6. The Hall–Kier alpha value is -2.64. The zero-order valence-electron chi connectivity index (χ0n) is 14.9. The van der Waals surface area contributed by atoms with Crippen LogP contribution < -0.4 is 10.2 Å². The fourth-order valence-electron chi connectivity index (χ4n) is 2.47. The van der Waals surface area contributed by atoms with Crippen molar-refractivity contribution in [2.24, 2.45) is 0 Å². The molecule has 1 aliphatic rings. The third-order valence-electron chi connectivity index (χ3n) is 4.05. The van der Waals surface area contributed by atoms with E-state index >= 15 is 0 Å². The van der Waals surface area contributed by atoms with Crippen LogP contribution in [0.4, 0.5) is 0 Å². The fraction of sp³-hybridized carbons (Fsp3) is 0.150. The second-order valence-corrected chi connectivity index (χ2v) is 7.46. The van der Waals surface area contributed by atoms with Crippen LogP contribution >= 0.6 is 24.0 Å². The highest BCUT2D eigenvalue weighted by atomic mass is 32.2. The number of thioether (sulfide) groups is 1. The molecule has 0 radical (unpaired) electrons. The van der Waals surface area contributed by atoms with E-state index in [1.807, 2.05) is 24.3 Å². The molecule has 1 N–H and O–H groups in total. The third kappa shape index (κ3) is 4.37. The van der Waals surface area contributed by atoms with Gasteiger partial charge in [0, 0.05) is 5.56 Å². The SMILES string of the molecule is CCc1ccc(/C=C2\SC(=S)N(NC(=O)c3ccc(OC)cc3)C2=O)cc1. The van der Waals surface area contributed by atoms with Gasteiger partial charge in [-0.1, -0.05) is 43.0 Å². The fourth-order valence-corrected chi connectivity index (χ4v) is 3.65. The van der Waals surface area contributed by atoms with Gasteiger partial charge < -0.3 is 4.74 Å². The van der Waals surface area contributed by atoms with Crippen LogP contribution in [0.1, 0.15) is 28.4 Å². The number of nitrogens with one attached hydrogen (secondary N) is 1. The van der Waals surface area contributed by atoms with Crippen molar-refractivity contribution in [3.8, 4) is 5.75 Å². The number of benzene rings is 2. The summed E-state index contributed by atoms with van der Waals surface area (Å²) in [6.45, 7) is 2.09. The van der Waals surface area contributed by atoms with Crippen molar-refractivity contribution in [2.75, 3.05) is 7.11 Å². The van der Waals surface area contributed by atoms with Crippen molar-refractivity contribution in [3.05, 3.63) is 70.1 Å². The number of ether oxygens (including phenoxy) is 1. The third-order valence-corrected chi connectivity index (χ3v) is 5.35. The molecule has 0 bridgehead atoms. The van der Waals surface area contributed by atoms with Crippen molar-refractivity contribution < 1.29 is 14.3 Å². The van der Waals surface area contributed by atoms with Crippen molar-refractivity contribution in [1.82, 2.24) is 10.4 Å². The van der Waals surface area contributed by atoms with Gasteiger partial charge in [0.25, 0.3) is 11.8 Å². The molecule has 2 aromatic rings. The lowest BCUT2D eigenvalue weighted by Gasteiger charge is -2.15. The van der Waals surface area contributed by atoms with Crippen LogP contribution in [-0.2, 0) is 11.2 Å². The molecule has 3 rings (SSSR count). The molecule has 7 heteroatoms. The van der Waals surface area contributed by atoms with Gasteiger partial charge in [-0.2, -0.15) is 5.01 Å². The van der Waals surface area contributed by atoms with Crippen LogP contribution in [-0.4, -0.2) is 28.3 Å². The topological polar surface area (TPSA) is 58.6 Å². The van der Waals surface area contributed by atoms with Gasteiger partial charge in [0.05, 0.1) is 12.0 Å². The Morgan fingerprint density at radius 3 is 2.44 bits per heavy atom. The number of hydrogen-bond donors (Lipinski definition) is 1. The number of hydrogen-bond acceptors (Lipinski definition) is 5. The first kappa shape index (κ1) is 19.1. The average molecular weight is 399 g/mol. The summed E-state index contributed by atoms with van der Waals surface area (Å²) in [5.41, 5.74) is 5.11. The molecule has 0 aliphatic carbocycles. The minimum atomic E-state index is -0.414. The van der Waals surface area contributed by atoms with Crippen molar-refractivity contribution in [1.29, 1.82) is 0 Å². The minimum absolute atomic E-state index is 0.290. The van der Waals surface area contributed by atoms with Crippen LogP contribution in [0.3, 0.4) is 0 Å². The first-order chi connectivity index (χ1) is 13.0. The number of amides is 2. The van der Waals surface area contributed by atoms with Crippen molar-refractivity contribution in [3.63, 3.8) is 0 Å². The highest BCUT2D eigenvalue weighted by Gasteiger charge is 2.33. The van der Waals surface area contributed by atoms with Gasteiger partial charge >= 0.3 is 0 Å². The molecule has 0 atom stereocenters. The van der Waals surface area contributed by atoms with E-state index in [0.717, 1.165) is 28.8 Å². The lowest BCUT2D eigenvalue weighted by molar-refractivity contribution is -0.123. The quantitative estimate of drug-likeness (QED) is 0.613. The summed E-state index contributed by atoms with van der Waals surface area (Å²) in [7, 11) is 1.55. The summed E-state index contributed by atoms with van der Waals surface area (Å²) in [4.78, 5) is 25.5. The van der Waals surface area contributed by atoms with Crippen LogP contribution in [0, 0.1) is 0 Å². The monoisotopic (exact) mass is 398 g/mol. The molecule has 0 aromatic heterocycles. The molecule has 5 nitrogen and oxygen atoms in total. The summed E-state index contributed by atoms with van der Waals surface area (Å²) in [5, 5.41) is 1.11. The molecular weight excluding hydrogens is 380 g/mol. The molecule has 2 aromatic carbocycles. The van der Waals surface area contributed by atoms with Gasteiger partial charge in [-0.05, 0) is 60.1 Å². The zero-order valence-corrected chi connectivity index (χ0v) is 16.5. The first-order valence-electron chi connectivity index (χ1n) is 8.33. The molecular formula is C20H18N2O3S2. The Bertz CT molecular complexity index is 906. The van der Waals surface area contributed by atoms with Gasteiger partial charge in [-0.3, -0.25) is 15.0 Å². The largest absolute Gasteiger partial charge is 0.497 e. The van der Waals surface area contributed by atoms with Crippen molar-refractivity contribution >= 4 is 46.2 Å². The Morgan fingerprint density at radius 1 is 1.19 bits per heavy atom. The van der Waals surface area contributed by atoms with Crippen LogP contribution in [0.25, 0.3) is 6.08 Å². The van der Waals surface area contributed by atoms with Crippen molar-refractivity contribution in [2.45, 2.75) is 13.3 Å². The second kappa shape index (κ2) is 8.37. The molecule has 0 unspecified atom stereocenters. The predicted molar refractivity (Wildman–Crippen MR) is 111 cm³/mol. The summed E-state index contributed by atoms with van der Waals surface area (Å²) in [6.07, 6.45) is 2.73. The number of carbonyl (C=O) groups is 2. The molecule has 1 saturated heterocycles. The first-order valence-corrected chi connectivity index (χ1v) is 9.56. The van der Waals surface area contributed by atoms with Gasteiger partial charge in [0.15, 0.2) is 4.32 Å². The normalized spacial score (nSPS) is 15.3. The standard InChI is InChI=1S/C20H18N2O3S2/c1-3-13-4-6-14(7-5-13)12-17-19(24)22(20(26)27-17)21-18(23)15-8-10-16(25-2)11-9-15/h4-12H,3H2,1-2H3,(H,21,23)/b17-12-. The van der Waals surface area contributed by atoms with E-state index < -0.39 is 5.91 Å². The number of rotatable bonds is 5.